The molecular weight excluding hydrogens is 368 g/mol. The standard InChI is InChI=1S/C24H30N2O.ClH/c1-25(2)14-7-15-26-23-12-10-19(18-8-5-4-6-9-18)16-21(23)22-17-20(27-3)11-13-24(22)26;/h4-6,8-9,11,13,17,19H,7,10,12,14-16H2,1-3H3;1H. The Morgan fingerprint density at radius 3 is 2.61 bits per heavy atom. The Morgan fingerprint density at radius 1 is 1.11 bits per heavy atom. The van der Waals surface area contributed by atoms with Gasteiger partial charge in [0, 0.05) is 23.1 Å². The summed E-state index contributed by atoms with van der Waals surface area (Å²) in [5.74, 6) is 1.57. The highest BCUT2D eigenvalue weighted by atomic mass is 35.5. The molecule has 28 heavy (non-hydrogen) atoms. The molecule has 0 bridgehead atoms. The van der Waals surface area contributed by atoms with Crippen LogP contribution in [0.1, 0.15) is 35.6 Å². The zero-order chi connectivity index (χ0) is 18.8. The maximum Gasteiger partial charge on any atom is 0.119 e. The molecule has 0 aliphatic heterocycles. The van der Waals surface area contributed by atoms with Gasteiger partial charge in [0.2, 0.25) is 0 Å². The van der Waals surface area contributed by atoms with E-state index in [0.717, 1.165) is 31.7 Å². The lowest BCUT2D eigenvalue weighted by atomic mass is 9.82. The Morgan fingerprint density at radius 2 is 1.89 bits per heavy atom. The second kappa shape index (κ2) is 9.02. The Hall–Kier alpha value is -1.97. The Labute approximate surface area is 174 Å². The molecule has 1 aliphatic carbocycles. The third-order valence-electron chi connectivity index (χ3n) is 5.93. The fourth-order valence-corrected chi connectivity index (χ4v) is 4.57. The molecule has 150 valence electrons. The van der Waals surface area contributed by atoms with Crippen LogP contribution in [0.15, 0.2) is 48.5 Å². The van der Waals surface area contributed by atoms with Crippen molar-refractivity contribution >= 4 is 23.3 Å². The van der Waals surface area contributed by atoms with Crippen LogP contribution >= 0.6 is 12.4 Å². The van der Waals surface area contributed by atoms with Crippen LogP contribution in [-0.2, 0) is 19.4 Å². The van der Waals surface area contributed by atoms with Crippen LogP contribution in [0.5, 0.6) is 5.75 Å². The monoisotopic (exact) mass is 398 g/mol. The number of methoxy groups -OCH3 is 1. The number of ether oxygens (including phenoxy) is 1. The molecule has 0 amide bonds. The lowest BCUT2D eigenvalue weighted by molar-refractivity contribution is 0.385. The molecule has 1 heterocycles. The molecule has 1 unspecified atom stereocenters. The smallest absolute Gasteiger partial charge is 0.119 e. The number of benzene rings is 2. The van der Waals surface area contributed by atoms with Crippen molar-refractivity contribution in [3.63, 3.8) is 0 Å². The van der Waals surface area contributed by atoms with E-state index in [0.29, 0.717) is 5.92 Å². The van der Waals surface area contributed by atoms with Gasteiger partial charge in [-0.15, -0.1) is 12.4 Å². The van der Waals surface area contributed by atoms with Crippen molar-refractivity contribution in [2.45, 2.75) is 38.1 Å². The molecule has 1 aliphatic rings. The molecule has 1 aromatic heterocycles. The SMILES string of the molecule is COc1ccc2c(c1)c1c(n2CCCN(C)C)CCC(c2ccccc2)C1.Cl. The highest BCUT2D eigenvalue weighted by Crippen LogP contribution is 2.39. The molecule has 0 fully saturated rings. The van der Waals surface area contributed by atoms with Crippen LogP contribution in [0.4, 0.5) is 0 Å². The summed E-state index contributed by atoms with van der Waals surface area (Å²) in [5, 5.41) is 1.38. The first kappa shape index (κ1) is 20.8. The van der Waals surface area contributed by atoms with Gasteiger partial charge in [-0.25, -0.2) is 0 Å². The van der Waals surface area contributed by atoms with Crippen LogP contribution in [-0.4, -0.2) is 37.2 Å². The highest BCUT2D eigenvalue weighted by Gasteiger charge is 2.26. The van der Waals surface area contributed by atoms with Crippen LogP contribution in [0.25, 0.3) is 10.9 Å². The van der Waals surface area contributed by atoms with E-state index >= 15 is 0 Å². The van der Waals surface area contributed by atoms with Gasteiger partial charge in [0.25, 0.3) is 0 Å². The summed E-state index contributed by atoms with van der Waals surface area (Å²) in [6, 6.07) is 17.6. The largest absolute Gasteiger partial charge is 0.497 e. The fraction of sp³-hybridized carbons (Fsp3) is 0.417. The molecule has 0 saturated heterocycles. The molecule has 3 aromatic rings. The van der Waals surface area contributed by atoms with E-state index in [1.165, 1.54) is 34.9 Å². The van der Waals surface area contributed by atoms with E-state index in [1.54, 1.807) is 12.8 Å². The second-order valence-electron chi connectivity index (χ2n) is 7.97. The molecule has 2 aromatic carbocycles. The van der Waals surface area contributed by atoms with Gasteiger partial charge in [0.1, 0.15) is 5.75 Å². The zero-order valence-corrected chi connectivity index (χ0v) is 18.0. The third-order valence-corrected chi connectivity index (χ3v) is 5.93. The van der Waals surface area contributed by atoms with E-state index in [2.05, 4.69) is 72.1 Å². The number of nitrogens with zero attached hydrogens (tertiary/aromatic N) is 2. The second-order valence-corrected chi connectivity index (χ2v) is 7.97. The van der Waals surface area contributed by atoms with Crippen molar-refractivity contribution in [2.24, 2.45) is 0 Å². The molecule has 0 saturated carbocycles. The van der Waals surface area contributed by atoms with E-state index in [9.17, 15) is 0 Å². The van der Waals surface area contributed by atoms with Crippen molar-refractivity contribution in [1.29, 1.82) is 0 Å². The highest BCUT2D eigenvalue weighted by molar-refractivity contribution is 5.87. The number of aryl methyl sites for hydroxylation is 1. The van der Waals surface area contributed by atoms with E-state index in [1.807, 2.05) is 0 Å². The van der Waals surface area contributed by atoms with Crippen molar-refractivity contribution in [1.82, 2.24) is 9.47 Å². The molecule has 0 spiro atoms. The average molecular weight is 399 g/mol. The molecule has 3 nitrogen and oxygen atoms in total. The average Bonchev–Trinajstić information content (AvgIpc) is 3.01. The minimum absolute atomic E-state index is 0. The summed E-state index contributed by atoms with van der Waals surface area (Å²) in [4.78, 5) is 2.27. The quantitative estimate of drug-likeness (QED) is 0.560. The Bertz CT molecular complexity index is 917. The lowest BCUT2D eigenvalue weighted by Gasteiger charge is -2.24. The number of fused-ring (bicyclic) bond motifs is 3. The van der Waals surface area contributed by atoms with Gasteiger partial charge in [-0.2, -0.15) is 0 Å². The van der Waals surface area contributed by atoms with Gasteiger partial charge in [-0.3, -0.25) is 0 Å². The third kappa shape index (κ3) is 4.06. The van der Waals surface area contributed by atoms with Crippen molar-refractivity contribution in [2.75, 3.05) is 27.7 Å². The van der Waals surface area contributed by atoms with Gasteiger partial charge >= 0.3 is 0 Å². The molecule has 4 heteroatoms. The first-order valence-electron chi connectivity index (χ1n) is 10.0. The molecule has 4 rings (SSSR count). The summed E-state index contributed by atoms with van der Waals surface area (Å²) >= 11 is 0. The maximum atomic E-state index is 5.53. The first-order chi connectivity index (χ1) is 13.2. The van der Waals surface area contributed by atoms with Gasteiger partial charge < -0.3 is 14.2 Å². The van der Waals surface area contributed by atoms with Crippen molar-refractivity contribution < 1.29 is 4.74 Å². The first-order valence-corrected chi connectivity index (χ1v) is 10.0. The normalized spacial score (nSPS) is 16.1. The molecule has 0 radical (unpaired) electrons. The van der Waals surface area contributed by atoms with Gasteiger partial charge in [0.05, 0.1) is 7.11 Å². The summed E-state index contributed by atoms with van der Waals surface area (Å²) in [5.41, 5.74) is 5.92. The van der Waals surface area contributed by atoms with Crippen LogP contribution in [0.3, 0.4) is 0 Å². The van der Waals surface area contributed by atoms with Crippen molar-refractivity contribution in [3.05, 3.63) is 65.4 Å². The minimum atomic E-state index is 0. The molecular formula is C24H31ClN2O. The predicted molar refractivity (Wildman–Crippen MR) is 120 cm³/mol. The van der Waals surface area contributed by atoms with Crippen LogP contribution in [0.2, 0.25) is 0 Å². The topological polar surface area (TPSA) is 17.4 Å². The predicted octanol–water partition coefficient (Wildman–Crippen LogP) is 5.30. The number of halogens is 1. The van der Waals surface area contributed by atoms with E-state index in [4.69, 9.17) is 4.74 Å². The van der Waals surface area contributed by atoms with E-state index < -0.39 is 0 Å². The number of aromatic nitrogens is 1. The van der Waals surface area contributed by atoms with E-state index in [-0.39, 0.29) is 12.4 Å². The Balaban J connectivity index is 0.00000225. The van der Waals surface area contributed by atoms with Crippen molar-refractivity contribution in [3.8, 4) is 5.75 Å². The number of rotatable bonds is 6. The summed E-state index contributed by atoms with van der Waals surface area (Å²) in [6.45, 7) is 2.21. The van der Waals surface area contributed by atoms with Gasteiger partial charge in [0.15, 0.2) is 0 Å². The zero-order valence-electron chi connectivity index (χ0n) is 17.1. The maximum absolute atomic E-state index is 5.53. The number of hydrogen-bond donors (Lipinski definition) is 0. The van der Waals surface area contributed by atoms with Gasteiger partial charge in [-0.1, -0.05) is 30.3 Å². The fourth-order valence-electron chi connectivity index (χ4n) is 4.57. The summed E-state index contributed by atoms with van der Waals surface area (Å²) in [7, 11) is 6.06. The summed E-state index contributed by atoms with van der Waals surface area (Å²) in [6.07, 6.45) is 4.70. The van der Waals surface area contributed by atoms with Crippen LogP contribution in [0, 0.1) is 0 Å². The summed E-state index contributed by atoms with van der Waals surface area (Å²) < 4.78 is 8.11. The molecule has 1 atom stereocenters. The Kier molecular flexibility index (Phi) is 6.69. The van der Waals surface area contributed by atoms with Crippen LogP contribution < -0.4 is 4.74 Å². The molecule has 0 N–H and O–H groups in total. The van der Waals surface area contributed by atoms with Gasteiger partial charge in [-0.05, 0) is 81.6 Å². The number of hydrogen-bond acceptors (Lipinski definition) is 2. The minimum Gasteiger partial charge on any atom is -0.497 e. The lowest BCUT2D eigenvalue weighted by Crippen LogP contribution is -2.18.